The van der Waals surface area contributed by atoms with Gasteiger partial charge in [-0.25, -0.2) is 4.39 Å². The zero-order chi connectivity index (χ0) is 19.2. The highest BCUT2D eigenvalue weighted by Crippen LogP contribution is 2.28. The van der Waals surface area contributed by atoms with E-state index >= 15 is 0 Å². The summed E-state index contributed by atoms with van der Waals surface area (Å²) in [5.74, 6) is -1.69. The molecular weight excluding hydrogens is 349 g/mol. The van der Waals surface area contributed by atoms with Gasteiger partial charge in [0.05, 0.1) is 12.2 Å². The number of carboxylic acids is 1. The summed E-state index contributed by atoms with van der Waals surface area (Å²) in [6.45, 7) is 0.281. The quantitative estimate of drug-likeness (QED) is 0.697. The lowest BCUT2D eigenvalue weighted by Crippen LogP contribution is -2.30. The van der Waals surface area contributed by atoms with Crippen molar-refractivity contribution in [3.8, 4) is 0 Å². The van der Waals surface area contributed by atoms with Crippen LogP contribution in [0.1, 0.15) is 44.4 Å². The van der Waals surface area contributed by atoms with Gasteiger partial charge in [0.15, 0.2) is 0 Å². The molecule has 0 fully saturated rings. The molecule has 1 atom stereocenters. The van der Waals surface area contributed by atoms with Crippen LogP contribution in [-0.2, 0) is 0 Å². The van der Waals surface area contributed by atoms with Crippen LogP contribution in [-0.4, -0.2) is 18.4 Å². The Morgan fingerprint density at radius 1 is 1.00 bits per heavy atom. The van der Waals surface area contributed by atoms with Crippen molar-refractivity contribution in [3.63, 3.8) is 0 Å². The Bertz CT molecular complexity index is 920. The summed E-state index contributed by atoms with van der Waals surface area (Å²) in [5, 5.41) is 13.9. The zero-order valence-corrected chi connectivity index (χ0v) is 14.4. The Hall–Kier alpha value is -3.41. The van der Waals surface area contributed by atoms with Crippen LogP contribution >= 0.6 is 0 Å². The third-order valence-corrected chi connectivity index (χ3v) is 4.27. The van der Waals surface area contributed by atoms with Crippen molar-refractivity contribution in [2.75, 3.05) is 6.54 Å². The van der Waals surface area contributed by atoms with Crippen molar-refractivity contribution in [1.82, 2.24) is 5.32 Å². The number of aromatic carboxylic acids is 1. The number of halogens is 1. The van der Waals surface area contributed by atoms with Crippen LogP contribution in [0.2, 0.25) is 0 Å². The monoisotopic (exact) mass is 366 g/mol. The summed E-state index contributed by atoms with van der Waals surface area (Å²) in [6, 6.07) is 15.6. The van der Waals surface area contributed by atoms with E-state index in [1.54, 1.807) is 30.5 Å². The SMILES string of the molecule is O=C([O-])c1ccccc1C(=O)NCC[C@@H](c1ccc(F)cc1)c1ccco1. The average molecular weight is 366 g/mol. The average Bonchev–Trinajstić information content (AvgIpc) is 3.20. The lowest BCUT2D eigenvalue weighted by Gasteiger charge is -2.16. The summed E-state index contributed by atoms with van der Waals surface area (Å²) in [7, 11) is 0. The summed E-state index contributed by atoms with van der Waals surface area (Å²) in [5.41, 5.74) is 0.751. The Morgan fingerprint density at radius 3 is 2.33 bits per heavy atom. The number of benzene rings is 2. The van der Waals surface area contributed by atoms with E-state index in [-0.39, 0.29) is 29.4 Å². The predicted molar refractivity (Wildman–Crippen MR) is 94.7 cm³/mol. The fourth-order valence-electron chi connectivity index (χ4n) is 2.94. The summed E-state index contributed by atoms with van der Waals surface area (Å²) in [4.78, 5) is 23.5. The van der Waals surface area contributed by atoms with Gasteiger partial charge in [-0.2, -0.15) is 0 Å². The van der Waals surface area contributed by atoms with Crippen molar-refractivity contribution >= 4 is 11.9 Å². The van der Waals surface area contributed by atoms with E-state index in [0.29, 0.717) is 12.2 Å². The molecule has 0 aliphatic rings. The van der Waals surface area contributed by atoms with Crippen molar-refractivity contribution in [1.29, 1.82) is 0 Å². The maximum absolute atomic E-state index is 13.2. The fourth-order valence-corrected chi connectivity index (χ4v) is 2.94. The lowest BCUT2D eigenvalue weighted by molar-refractivity contribution is -0.255. The molecule has 3 aromatic rings. The van der Waals surface area contributed by atoms with Crippen LogP contribution < -0.4 is 10.4 Å². The first-order chi connectivity index (χ1) is 13.1. The maximum Gasteiger partial charge on any atom is 0.251 e. The number of carbonyl (C=O) groups excluding carboxylic acids is 2. The second kappa shape index (κ2) is 8.31. The van der Waals surface area contributed by atoms with Gasteiger partial charge in [-0.05, 0) is 42.3 Å². The highest BCUT2D eigenvalue weighted by molar-refractivity contribution is 6.04. The molecule has 2 aromatic carbocycles. The summed E-state index contributed by atoms with van der Waals surface area (Å²) < 4.78 is 18.7. The molecule has 0 radical (unpaired) electrons. The van der Waals surface area contributed by atoms with Gasteiger partial charge in [-0.15, -0.1) is 0 Å². The largest absolute Gasteiger partial charge is 0.545 e. The standard InChI is InChI=1S/C21H18FNO4/c22-15-9-7-14(8-10-15)16(19-6-3-13-27-19)11-12-23-20(24)17-4-1-2-5-18(17)21(25)26/h1-10,13,16H,11-12H2,(H,23,24)(H,25,26)/p-1/t16-/m0/s1. The van der Waals surface area contributed by atoms with E-state index in [1.165, 1.54) is 30.3 Å². The normalized spacial score (nSPS) is 11.7. The van der Waals surface area contributed by atoms with Gasteiger partial charge < -0.3 is 19.6 Å². The van der Waals surface area contributed by atoms with Gasteiger partial charge in [0.25, 0.3) is 5.91 Å². The third kappa shape index (κ3) is 4.41. The molecule has 1 N–H and O–H groups in total. The second-order valence-electron chi connectivity index (χ2n) is 6.00. The predicted octanol–water partition coefficient (Wildman–Crippen LogP) is 2.73. The zero-order valence-electron chi connectivity index (χ0n) is 14.4. The van der Waals surface area contributed by atoms with Gasteiger partial charge in [0.2, 0.25) is 0 Å². The highest BCUT2D eigenvalue weighted by atomic mass is 19.1. The van der Waals surface area contributed by atoms with E-state index < -0.39 is 11.9 Å². The van der Waals surface area contributed by atoms with E-state index in [0.717, 1.165) is 5.56 Å². The topological polar surface area (TPSA) is 82.4 Å². The first kappa shape index (κ1) is 18.4. The number of carbonyl (C=O) groups is 2. The van der Waals surface area contributed by atoms with E-state index in [2.05, 4.69) is 5.32 Å². The van der Waals surface area contributed by atoms with Crippen LogP contribution in [0.25, 0.3) is 0 Å². The van der Waals surface area contributed by atoms with Crippen molar-refractivity contribution < 1.29 is 23.5 Å². The van der Waals surface area contributed by atoms with Crippen LogP contribution in [0, 0.1) is 5.82 Å². The molecule has 5 nitrogen and oxygen atoms in total. The van der Waals surface area contributed by atoms with E-state index in [4.69, 9.17) is 4.42 Å². The van der Waals surface area contributed by atoms with Gasteiger partial charge in [-0.3, -0.25) is 4.79 Å². The molecule has 27 heavy (non-hydrogen) atoms. The first-order valence-corrected chi connectivity index (χ1v) is 8.43. The van der Waals surface area contributed by atoms with Gasteiger partial charge in [0, 0.05) is 23.6 Å². The van der Waals surface area contributed by atoms with Gasteiger partial charge in [0.1, 0.15) is 11.6 Å². The Labute approximate surface area is 155 Å². The number of furan rings is 1. The molecule has 6 heteroatoms. The molecule has 0 aliphatic carbocycles. The Kier molecular flexibility index (Phi) is 5.66. The molecule has 138 valence electrons. The van der Waals surface area contributed by atoms with E-state index in [1.807, 2.05) is 6.07 Å². The van der Waals surface area contributed by atoms with E-state index in [9.17, 15) is 19.1 Å². The minimum Gasteiger partial charge on any atom is -0.545 e. The molecule has 1 aromatic heterocycles. The Morgan fingerprint density at radius 2 is 1.70 bits per heavy atom. The number of carboxylic acid groups (broad SMARTS) is 1. The highest BCUT2D eigenvalue weighted by Gasteiger charge is 2.18. The number of nitrogens with one attached hydrogen (secondary N) is 1. The van der Waals surface area contributed by atoms with Crippen LogP contribution in [0.15, 0.2) is 71.3 Å². The number of amides is 1. The van der Waals surface area contributed by atoms with Crippen LogP contribution in [0.4, 0.5) is 4.39 Å². The number of hydrogen-bond donors (Lipinski definition) is 1. The van der Waals surface area contributed by atoms with Crippen LogP contribution in [0.5, 0.6) is 0 Å². The number of hydrogen-bond acceptors (Lipinski definition) is 4. The van der Waals surface area contributed by atoms with Crippen LogP contribution in [0.3, 0.4) is 0 Å². The van der Waals surface area contributed by atoms with Gasteiger partial charge in [-0.1, -0.05) is 30.3 Å². The van der Waals surface area contributed by atoms with Crippen molar-refractivity contribution in [2.45, 2.75) is 12.3 Å². The second-order valence-corrected chi connectivity index (χ2v) is 6.00. The molecule has 0 saturated carbocycles. The smallest absolute Gasteiger partial charge is 0.251 e. The fraction of sp³-hybridized carbons (Fsp3) is 0.143. The molecule has 3 rings (SSSR count). The van der Waals surface area contributed by atoms with Crippen molar-refractivity contribution in [2.24, 2.45) is 0 Å². The lowest BCUT2D eigenvalue weighted by atomic mass is 9.93. The molecule has 0 unspecified atom stereocenters. The third-order valence-electron chi connectivity index (χ3n) is 4.27. The minimum atomic E-state index is -1.40. The molecule has 1 heterocycles. The number of rotatable bonds is 7. The molecular formula is C21H17FNO4-. The molecule has 0 aliphatic heterocycles. The maximum atomic E-state index is 13.2. The molecule has 0 saturated heterocycles. The van der Waals surface area contributed by atoms with Gasteiger partial charge >= 0.3 is 0 Å². The summed E-state index contributed by atoms with van der Waals surface area (Å²) in [6.07, 6.45) is 2.05. The minimum absolute atomic E-state index is 0.0498. The Balaban J connectivity index is 1.71. The molecule has 1 amide bonds. The summed E-state index contributed by atoms with van der Waals surface area (Å²) >= 11 is 0. The molecule has 0 spiro atoms. The van der Waals surface area contributed by atoms with Crippen molar-refractivity contribution in [3.05, 3.63) is 95.2 Å². The first-order valence-electron chi connectivity index (χ1n) is 8.43. The molecule has 0 bridgehead atoms.